The maximum Gasteiger partial charge on any atom is 0.218 e. The van der Waals surface area contributed by atoms with Crippen LogP contribution in [0.25, 0.3) is 0 Å². The van der Waals surface area contributed by atoms with Crippen LogP contribution < -0.4 is 10.1 Å². The number of anilines is 1. The van der Waals surface area contributed by atoms with Crippen molar-refractivity contribution < 1.29 is 4.74 Å². The highest BCUT2D eigenvalue weighted by Crippen LogP contribution is 2.27. The molecule has 0 saturated heterocycles. The van der Waals surface area contributed by atoms with Crippen molar-refractivity contribution in [2.45, 2.75) is 52.1 Å². The molecule has 1 aromatic rings. The lowest BCUT2D eigenvalue weighted by Crippen LogP contribution is -2.28. The highest BCUT2D eigenvalue weighted by molar-refractivity contribution is 5.36. The van der Waals surface area contributed by atoms with Gasteiger partial charge in [-0.1, -0.05) is 20.3 Å². The van der Waals surface area contributed by atoms with Gasteiger partial charge >= 0.3 is 0 Å². The Bertz CT molecular complexity index is 370. The summed E-state index contributed by atoms with van der Waals surface area (Å²) in [6.07, 6.45) is 7.96. The van der Waals surface area contributed by atoms with Gasteiger partial charge in [0, 0.05) is 12.6 Å². The van der Waals surface area contributed by atoms with Crippen molar-refractivity contribution in [3.8, 4) is 5.88 Å². The fourth-order valence-corrected chi connectivity index (χ4v) is 2.37. The van der Waals surface area contributed by atoms with E-state index in [-0.39, 0.29) is 0 Å². The molecule has 1 aliphatic rings. The first-order valence-electron chi connectivity index (χ1n) is 7.02. The predicted molar refractivity (Wildman–Crippen MR) is 72.9 cm³/mol. The Labute approximate surface area is 109 Å². The van der Waals surface area contributed by atoms with Gasteiger partial charge in [0.15, 0.2) is 0 Å². The second-order valence-corrected chi connectivity index (χ2v) is 5.09. The van der Waals surface area contributed by atoms with Crippen molar-refractivity contribution in [1.29, 1.82) is 0 Å². The number of rotatable bonds is 5. The monoisotopic (exact) mass is 249 g/mol. The summed E-state index contributed by atoms with van der Waals surface area (Å²) in [5, 5.41) is 3.25. The molecule has 2 rings (SSSR count). The van der Waals surface area contributed by atoms with Gasteiger partial charge in [0.25, 0.3) is 0 Å². The van der Waals surface area contributed by atoms with E-state index in [4.69, 9.17) is 4.74 Å². The molecule has 0 amide bonds. The van der Waals surface area contributed by atoms with Crippen LogP contribution in [0.4, 0.5) is 5.82 Å². The zero-order chi connectivity index (χ0) is 12.8. The summed E-state index contributed by atoms with van der Waals surface area (Å²) in [4.78, 5) is 8.39. The summed E-state index contributed by atoms with van der Waals surface area (Å²) in [5.41, 5.74) is 0. The Hall–Kier alpha value is -1.32. The number of hydrogen-bond donors (Lipinski definition) is 1. The summed E-state index contributed by atoms with van der Waals surface area (Å²) >= 11 is 0. The normalized spacial score (nSPS) is 23.7. The lowest BCUT2D eigenvalue weighted by molar-refractivity contribution is 0.0975. The van der Waals surface area contributed by atoms with Gasteiger partial charge in [-0.2, -0.15) is 0 Å². The fourth-order valence-electron chi connectivity index (χ4n) is 2.37. The molecule has 1 fully saturated rings. The van der Waals surface area contributed by atoms with Crippen LogP contribution >= 0.6 is 0 Å². The summed E-state index contributed by atoms with van der Waals surface area (Å²) in [6, 6.07) is 1.90. The molecule has 1 aromatic heterocycles. The molecule has 0 aliphatic heterocycles. The SMILES string of the molecule is CCCNc1cc(OC2CCCCC2C)ncn1. The van der Waals surface area contributed by atoms with Gasteiger partial charge in [-0.25, -0.2) is 9.97 Å². The van der Waals surface area contributed by atoms with Crippen molar-refractivity contribution in [2.75, 3.05) is 11.9 Å². The molecule has 1 heterocycles. The van der Waals surface area contributed by atoms with Gasteiger partial charge in [-0.3, -0.25) is 0 Å². The molecule has 1 saturated carbocycles. The van der Waals surface area contributed by atoms with Crippen molar-refractivity contribution in [3.63, 3.8) is 0 Å². The summed E-state index contributed by atoms with van der Waals surface area (Å²) in [6.45, 7) is 5.33. The van der Waals surface area contributed by atoms with Crippen LogP contribution in [0.3, 0.4) is 0 Å². The molecule has 18 heavy (non-hydrogen) atoms. The zero-order valence-electron chi connectivity index (χ0n) is 11.4. The molecule has 0 radical (unpaired) electrons. The average Bonchev–Trinajstić information content (AvgIpc) is 2.40. The van der Waals surface area contributed by atoms with Gasteiger partial charge in [0.1, 0.15) is 18.2 Å². The fraction of sp³-hybridized carbons (Fsp3) is 0.714. The molecule has 2 atom stereocenters. The number of nitrogens with one attached hydrogen (secondary N) is 1. The summed E-state index contributed by atoms with van der Waals surface area (Å²) < 4.78 is 6.00. The number of aromatic nitrogens is 2. The minimum atomic E-state index is 0.313. The maximum atomic E-state index is 6.00. The van der Waals surface area contributed by atoms with Crippen LogP contribution in [0.15, 0.2) is 12.4 Å². The third-order valence-electron chi connectivity index (χ3n) is 3.50. The van der Waals surface area contributed by atoms with E-state index in [0.717, 1.165) is 25.2 Å². The van der Waals surface area contributed by atoms with Gasteiger partial charge in [0.05, 0.1) is 0 Å². The number of ether oxygens (including phenoxy) is 1. The van der Waals surface area contributed by atoms with E-state index in [1.165, 1.54) is 19.3 Å². The minimum absolute atomic E-state index is 0.313. The molecule has 1 aliphatic carbocycles. The Kier molecular flexibility index (Phi) is 4.79. The molecule has 0 bridgehead atoms. The van der Waals surface area contributed by atoms with Gasteiger partial charge < -0.3 is 10.1 Å². The Morgan fingerprint density at radius 2 is 2.17 bits per heavy atom. The van der Waals surface area contributed by atoms with Crippen LogP contribution in [-0.4, -0.2) is 22.6 Å². The van der Waals surface area contributed by atoms with Crippen LogP contribution in [-0.2, 0) is 0 Å². The lowest BCUT2D eigenvalue weighted by Gasteiger charge is -2.28. The summed E-state index contributed by atoms with van der Waals surface area (Å²) in [5.74, 6) is 2.17. The standard InChI is InChI=1S/C14H23N3O/c1-3-8-15-13-9-14(17-10-16-13)18-12-7-5-4-6-11(12)2/h9-12H,3-8H2,1-2H3,(H,15,16,17). The second-order valence-electron chi connectivity index (χ2n) is 5.09. The largest absolute Gasteiger partial charge is 0.474 e. The quantitative estimate of drug-likeness (QED) is 0.870. The summed E-state index contributed by atoms with van der Waals surface area (Å²) in [7, 11) is 0. The highest BCUT2D eigenvalue weighted by Gasteiger charge is 2.23. The molecule has 0 spiro atoms. The van der Waals surface area contributed by atoms with E-state index in [2.05, 4.69) is 29.1 Å². The smallest absolute Gasteiger partial charge is 0.218 e. The molecule has 2 unspecified atom stereocenters. The van der Waals surface area contributed by atoms with Crippen molar-refractivity contribution in [2.24, 2.45) is 5.92 Å². The van der Waals surface area contributed by atoms with E-state index in [0.29, 0.717) is 17.9 Å². The van der Waals surface area contributed by atoms with Gasteiger partial charge in [-0.15, -0.1) is 0 Å². The predicted octanol–water partition coefficient (Wildman–Crippen LogP) is 3.26. The van der Waals surface area contributed by atoms with Crippen molar-refractivity contribution in [1.82, 2.24) is 9.97 Å². The van der Waals surface area contributed by atoms with E-state index >= 15 is 0 Å². The molecule has 1 N–H and O–H groups in total. The molecule has 0 aromatic carbocycles. The Balaban J connectivity index is 1.95. The number of hydrogen-bond acceptors (Lipinski definition) is 4. The first-order chi connectivity index (χ1) is 8.79. The van der Waals surface area contributed by atoms with E-state index < -0.39 is 0 Å². The van der Waals surface area contributed by atoms with Crippen LogP contribution in [0.2, 0.25) is 0 Å². The second kappa shape index (κ2) is 6.57. The van der Waals surface area contributed by atoms with Crippen LogP contribution in [0.1, 0.15) is 46.0 Å². The Morgan fingerprint density at radius 3 is 2.94 bits per heavy atom. The third-order valence-corrected chi connectivity index (χ3v) is 3.50. The van der Waals surface area contributed by atoms with Crippen molar-refractivity contribution in [3.05, 3.63) is 12.4 Å². The van der Waals surface area contributed by atoms with E-state index in [9.17, 15) is 0 Å². The topological polar surface area (TPSA) is 47.0 Å². The minimum Gasteiger partial charge on any atom is -0.474 e. The first-order valence-corrected chi connectivity index (χ1v) is 7.02. The molecular formula is C14H23N3O. The van der Waals surface area contributed by atoms with Crippen LogP contribution in [0, 0.1) is 5.92 Å². The highest BCUT2D eigenvalue weighted by atomic mass is 16.5. The van der Waals surface area contributed by atoms with Crippen molar-refractivity contribution >= 4 is 5.82 Å². The van der Waals surface area contributed by atoms with Gasteiger partial charge in [-0.05, 0) is 31.6 Å². The van der Waals surface area contributed by atoms with Crippen LogP contribution in [0.5, 0.6) is 5.88 Å². The third kappa shape index (κ3) is 3.59. The first kappa shape index (κ1) is 13.1. The molecule has 4 nitrogen and oxygen atoms in total. The molecular weight excluding hydrogens is 226 g/mol. The Morgan fingerprint density at radius 1 is 1.33 bits per heavy atom. The lowest BCUT2D eigenvalue weighted by atomic mass is 9.88. The molecule has 100 valence electrons. The van der Waals surface area contributed by atoms with E-state index in [1.807, 2.05) is 6.07 Å². The van der Waals surface area contributed by atoms with E-state index in [1.54, 1.807) is 6.33 Å². The van der Waals surface area contributed by atoms with Gasteiger partial charge in [0.2, 0.25) is 5.88 Å². The number of nitrogens with zero attached hydrogens (tertiary/aromatic N) is 2. The zero-order valence-corrected chi connectivity index (χ0v) is 11.4. The molecule has 4 heteroatoms. The maximum absolute atomic E-state index is 6.00. The average molecular weight is 249 g/mol.